The van der Waals surface area contributed by atoms with E-state index >= 15 is 0 Å². The molecule has 1 aliphatic carbocycles. The number of hydrogen-bond donors (Lipinski definition) is 0. The van der Waals surface area contributed by atoms with Crippen molar-refractivity contribution in [3.63, 3.8) is 0 Å². The number of pyridine rings is 1. The highest BCUT2D eigenvalue weighted by Gasteiger charge is 2.23. The monoisotopic (exact) mass is 253 g/mol. The molecule has 3 nitrogen and oxygen atoms in total. The fraction of sp³-hybridized carbons (Fsp3) is 0.538. The molecule has 4 heteroatoms. The fourth-order valence-corrected chi connectivity index (χ4v) is 2.60. The van der Waals surface area contributed by atoms with E-state index in [2.05, 4.69) is 0 Å². The average molecular weight is 254 g/mol. The minimum atomic E-state index is -0.651. The van der Waals surface area contributed by atoms with E-state index in [-0.39, 0.29) is 17.2 Å². The predicted molar refractivity (Wildman–Crippen MR) is 67.9 cm³/mol. The molecule has 0 saturated carbocycles. The van der Waals surface area contributed by atoms with Gasteiger partial charge in [-0.05, 0) is 55.8 Å². The Morgan fingerprint density at radius 1 is 1.53 bits per heavy atom. The zero-order chi connectivity index (χ0) is 12.6. The summed E-state index contributed by atoms with van der Waals surface area (Å²) in [7, 11) is 0. The van der Waals surface area contributed by atoms with Crippen LogP contribution in [0.3, 0.4) is 0 Å². The molecule has 2 rings (SSSR count). The quantitative estimate of drug-likeness (QED) is 0.777. The number of aromatic nitrogens is 1. The van der Waals surface area contributed by atoms with E-state index in [1.54, 1.807) is 10.6 Å². The number of halogens is 1. The minimum absolute atomic E-state index is 0.116. The second kappa shape index (κ2) is 4.65. The molecule has 0 fully saturated rings. The van der Waals surface area contributed by atoms with Crippen LogP contribution < -0.4 is 5.56 Å². The maximum atomic E-state index is 12.2. The van der Waals surface area contributed by atoms with Gasteiger partial charge in [0.05, 0.1) is 5.56 Å². The molecule has 0 radical (unpaired) electrons. The van der Waals surface area contributed by atoms with Gasteiger partial charge in [-0.2, -0.15) is 0 Å². The first-order valence-electron chi connectivity index (χ1n) is 6.03. The van der Waals surface area contributed by atoms with Crippen molar-refractivity contribution in [2.45, 2.75) is 45.6 Å². The van der Waals surface area contributed by atoms with Gasteiger partial charge in [0, 0.05) is 11.7 Å². The van der Waals surface area contributed by atoms with Crippen molar-refractivity contribution in [1.82, 2.24) is 4.57 Å². The summed E-state index contributed by atoms with van der Waals surface area (Å²) in [6.07, 6.45) is 3.77. The van der Waals surface area contributed by atoms with Crippen LogP contribution in [-0.4, -0.2) is 9.81 Å². The molecule has 1 heterocycles. The third kappa shape index (κ3) is 2.04. The van der Waals surface area contributed by atoms with E-state index in [9.17, 15) is 9.59 Å². The van der Waals surface area contributed by atoms with Crippen molar-refractivity contribution < 1.29 is 4.79 Å². The first-order valence-corrected chi connectivity index (χ1v) is 6.41. The number of carbonyl (C=O) groups excluding carboxylic acids is 1. The summed E-state index contributed by atoms with van der Waals surface area (Å²) >= 11 is 5.48. The normalized spacial score (nSPS) is 15.7. The fourth-order valence-electron chi connectivity index (χ4n) is 2.46. The zero-order valence-electron chi connectivity index (χ0n) is 10.1. The molecule has 0 spiro atoms. The minimum Gasteiger partial charge on any atom is -0.309 e. The van der Waals surface area contributed by atoms with Crippen LogP contribution in [0.2, 0.25) is 0 Å². The summed E-state index contributed by atoms with van der Waals surface area (Å²) in [5.41, 5.74) is 2.08. The Balaban J connectivity index is 2.71. The van der Waals surface area contributed by atoms with Crippen molar-refractivity contribution >= 4 is 16.8 Å². The van der Waals surface area contributed by atoms with Crippen molar-refractivity contribution in [3.05, 3.63) is 33.2 Å². The molecule has 0 saturated heterocycles. The number of carbonyl (C=O) groups is 1. The van der Waals surface area contributed by atoms with Crippen LogP contribution in [0.15, 0.2) is 10.9 Å². The van der Waals surface area contributed by atoms with Crippen LogP contribution in [0.1, 0.15) is 54.3 Å². The third-order valence-corrected chi connectivity index (χ3v) is 3.74. The Morgan fingerprint density at radius 2 is 2.24 bits per heavy atom. The van der Waals surface area contributed by atoms with Gasteiger partial charge in [-0.3, -0.25) is 9.59 Å². The Kier molecular flexibility index (Phi) is 3.38. The Labute approximate surface area is 105 Å². The molecular weight excluding hydrogens is 238 g/mol. The standard InChI is InChI=1S/C13H16ClNO2/c1-3-8(2)15-11-6-4-5-9(11)7-10(12(14)16)13(15)17/h7-8H,3-6H2,1-2H3. The lowest BCUT2D eigenvalue weighted by Crippen LogP contribution is -2.30. The first kappa shape index (κ1) is 12.4. The molecule has 1 aromatic rings. The molecular formula is C13H16ClNO2. The van der Waals surface area contributed by atoms with E-state index < -0.39 is 5.24 Å². The van der Waals surface area contributed by atoms with Gasteiger partial charge < -0.3 is 4.57 Å². The summed E-state index contributed by atoms with van der Waals surface area (Å²) in [4.78, 5) is 23.5. The smallest absolute Gasteiger partial charge is 0.263 e. The van der Waals surface area contributed by atoms with Crippen molar-refractivity contribution in [2.75, 3.05) is 0 Å². The van der Waals surface area contributed by atoms with Crippen LogP contribution in [-0.2, 0) is 12.8 Å². The van der Waals surface area contributed by atoms with Crippen LogP contribution in [0.25, 0.3) is 0 Å². The van der Waals surface area contributed by atoms with E-state index in [0.29, 0.717) is 0 Å². The van der Waals surface area contributed by atoms with Gasteiger partial charge >= 0.3 is 0 Å². The molecule has 1 atom stereocenters. The molecule has 0 N–H and O–H groups in total. The zero-order valence-corrected chi connectivity index (χ0v) is 10.9. The second-order valence-electron chi connectivity index (χ2n) is 4.59. The highest BCUT2D eigenvalue weighted by atomic mass is 35.5. The van der Waals surface area contributed by atoms with E-state index in [4.69, 9.17) is 11.6 Å². The largest absolute Gasteiger partial charge is 0.309 e. The van der Waals surface area contributed by atoms with Gasteiger partial charge in [-0.25, -0.2) is 0 Å². The number of hydrogen-bond acceptors (Lipinski definition) is 2. The topological polar surface area (TPSA) is 39.1 Å². The molecule has 0 aliphatic heterocycles. The lowest BCUT2D eigenvalue weighted by molar-refractivity contribution is 0.107. The Morgan fingerprint density at radius 3 is 2.82 bits per heavy atom. The lowest BCUT2D eigenvalue weighted by Gasteiger charge is -2.19. The van der Waals surface area contributed by atoms with E-state index in [1.807, 2.05) is 13.8 Å². The Bertz CT molecular complexity index is 519. The van der Waals surface area contributed by atoms with Gasteiger partial charge in [0.1, 0.15) is 0 Å². The van der Waals surface area contributed by atoms with Crippen LogP contribution >= 0.6 is 11.6 Å². The number of fused-ring (bicyclic) bond motifs is 1. The summed E-state index contributed by atoms with van der Waals surface area (Å²) < 4.78 is 1.76. The molecule has 0 bridgehead atoms. The predicted octanol–water partition coefficient (Wildman–Crippen LogP) is 2.69. The number of aryl methyl sites for hydroxylation is 1. The molecule has 1 aromatic heterocycles. The number of rotatable bonds is 3. The SMILES string of the molecule is CCC(C)n1c2c(cc(C(=O)Cl)c1=O)CCC2. The molecule has 92 valence electrons. The summed E-state index contributed by atoms with van der Waals surface area (Å²) in [6, 6.07) is 1.80. The average Bonchev–Trinajstić information content (AvgIpc) is 2.74. The maximum absolute atomic E-state index is 12.2. The van der Waals surface area contributed by atoms with Crippen molar-refractivity contribution in [3.8, 4) is 0 Å². The third-order valence-electron chi connectivity index (χ3n) is 3.53. The van der Waals surface area contributed by atoms with Gasteiger partial charge in [-0.1, -0.05) is 6.92 Å². The van der Waals surface area contributed by atoms with Crippen LogP contribution in [0, 0.1) is 0 Å². The highest BCUT2D eigenvalue weighted by Crippen LogP contribution is 2.25. The molecule has 17 heavy (non-hydrogen) atoms. The van der Waals surface area contributed by atoms with Crippen LogP contribution in [0.4, 0.5) is 0 Å². The van der Waals surface area contributed by atoms with Crippen molar-refractivity contribution in [2.24, 2.45) is 0 Å². The van der Waals surface area contributed by atoms with Gasteiger partial charge in [0.15, 0.2) is 0 Å². The van der Waals surface area contributed by atoms with E-state index in [0.717, 1.165) is 36.9 Å². The first-order chi connectivity index (χ1) is 8.06. The highest BCUT2D eigenvalue weighted by molar-refractivity contribution is 6.67. The van der Waals surface area contributed by atoms with E-state index in [1.165, 1.54) is 0 Å². The maximum Gasteiger partial charge on any atom is 0.263 e. The van der Waals surface area contributed by atoms with Gasteiger partial charge in [0.25, 0.3) is 10.8 Å². The molecule has 0 aromatic carbocycles. The summed E-state index contributed by atoms with van der Waals surface area (Å²) in [5.74, 6) is 0. The summed E-state index contributed by atoms with van der Waals surface area (Å²) in [6.45, 7) is 4.04. The lowest BCUT2D eigenvalue weighted by atomic mass is 10.1. The second-order valence-corrected chi connectivity index (χ2v) is 4.93. The van der Waals surface area contributed by atoms with Crippen molar-refractivity contribution in [1.29, 1.82) is 0 Å². The van der Waals surface area contributed by atoms with Gasteiger partial charge in [-0.15, -0.1) is 0 Å². The van der Waals surface area contributed by atoms with Crippen LogP contribution in [0.5, 0.6) is 0 Å². The molecule has 1 unspecified atom stereocenters. The Hall–Kier alpha value is -1.09. The molecule has 0 amide bonds. The van der Waals surface area contributed by atoms with Gasteiger partial charge in [0.2, 0.25) is 0 Å². The number of nitrogens with zero attached hydrogens (tertiary/aromatic N) is 1. The summed E-state index contributed by atoms with van der Waals surface area (Å²) in [5, 5.41) is -0.651. The molecule has 1 aliphatic rings.